The number of hydrogen-bond donors (Lipinski definition) is 2. The Labute approximate surface area is 114 Å². The lowest BCUT2D eigenvalue weighted by atomic mass is 10.2. The van der Waals surface area contributed by atoms with Gasteiger partial charge >= 0.3 is 0 Å². The molecule has 1 saturated heterocycles. The van der Waals surface area contributed by atoms with Crippen molar-refractivity contribution in [2.24, 2.45) is 0 Å². The van der Waals surface area contributed by atoms with E-state index in [1.807, 2.05) is 0 Å². The maximum atomic E-state index is 13.6. The lowest BCUT2D eigenvalue weighted by Crippen LogP contribution is -2.41. The number of likely N-dealkylation sites (N-methyl/N-ethyl adjacent to an activating group) is 1. The summed E-state index contributed by atoms with van der Waals surface area (Å²) in [7, 11) is -2.95. The highest BCUT2D eigenvalue weighted by Gasteiger charge is 2.29. The summed E-state index contributed by atoms with van der Waals surface area (Å²) in [6.07, 6.45) is 0.708. The minimum absolute atomic E-state index is 0.0910. The first-order chi connectivity index (χ1) is 9.32. The summed E-state index contributed by atoms with van der Waals surface area (Å²) in [5, 5.41) is 0. The molecule has 0 radical (unpaired) electrons. The number of sulfonamides is 1. The van der Waals surface area contributed by atoms with Crippen LogP contribution in [0.5, 0.6) is 0 Å². The van der Waals surface area contributed by atoms with Gasteiger partial charge in [0.25, 0.3) is 0 Å². The molecule has 1 heterocycles. The third-order valence-electron chi connectivity index (χ3n) is 3.06. The van der Waals surface area contributed by atoms with Gasteiger partial charge in [-0.1, -0.05) is 0 Å². The number of hydrazine groups is 1. The third-order valence-corrected chi connectivity index (χ3v) is 4.90. The maximum Gasteiger partial charge on any atom is 0.245 e. The van der Waals surface area contributed by atoms with Crippen molar-refractivity contribution in [3.63, 3.8) is 0 Å². The highest BCUT2D eigenvalue weighted by atomic mass is 32.2. The Morgan fingerprint density at radius 2 is 1.90 bits per heavy atom. The van der Waals surface area contributed by atoms with Gasteiger partial charge in [0.05, 0.1) is 0 Å². The van der Waals surface area contributed by atoms with E-state index in [0.29, 0.717) is 19.0 Å². The van der Waals surface area contributed by atoms with E-state index >= 15 is 0 Å². The molecule has 2 N–H and O–H groups in total. The summed E-state index contributed by atoms with van der Waals surface area (Å²) in [4.78, 5) is -0.871. The van der Waals surface area contributed by atoms with E-state index in [1.165, 1.54) is 7.05 Å². The van der Waals surface area contributed by atoms with Crippen LogP contribution in [0.1, 0.15) is 6.42 Å². The predicted molar refractivity (Wildman–Crippen MR) is 65.7 cm³/mol. The Balaban J connectivity index is 2.27. The molecule has 2 rings (SSSR count). The average Bonchev–Trinajstić information content (AvgIpc) is 2.86. The van der Waals surface area contributed by atoms with Crippen LogP contribution in [0, 0.1) is 17.5 Å². The molecule has 0 spiro atoms. The molecule has 1 atom stereocenters. The van der Waals surface area contributed by atoms with Gasteiger partial charge in [-0.3, -0.25) is 10.9 Å². The van der Waals surface area contributed by atoms with Crippen molar-refractivity contribution in [3.8, 4) is 0 Å². The van der Waals surface area contributed by atoms with E-state index in [4.69, 9.17) is 0 Å². The monoisotopic (exact) mass is 309 g/mol. The zero-order chi connectivity index (χ0) is 14.9. The van der Waals surface area contributed by atoms with Gasteiger partial charge in [-0.2, -0.15) is 4.31 Å². The Kier molecular flexibility index (Phi) is 4.33. The van der Waals surface area contributed by atoms with Crippen molar-refractivity contribution in [1.29, 1.82) is 0 Å². The fraction of sp³-hybridized carbons (Fsp3) is 0.455. The summed E-state index contributed by atoms with van der Waals surface area (Å²) in [6.45, 7) is 0.784. The average molecular weight is 309 g/mol. The van der Waals surface area contributed by atoms with Gasteiger partial charge in [0.15, 0.2) is 11.6 Å². The quantitative estimate of drug-likeness (QED) is 0.799. The SMILES string of the molecule is CN(CC1CCNN1)S(=O)(=O)c1cc(F)c(F)cc1F. The Morgan fingerprint density at radius 3 is 2.50 bits per heavy atom. The van der Waals surface area contributed by atoms with Crippen molar-refractivity contribution in [2.75, 3.05) is 20.1 Å². The van der Waals surface area contributed by atoms with Gasteiger partial charge in [0.2, 0.25) is 10.0 Å². The zero-order valence-corrected chi connectivity index (χ0v) is 11.5. The second-order valence-electron chi connectivity index (χ2n) is 4.54. The molecular formula is C11H14F3N3O2S. The Bertz CT molecular complexity index is 603. The molecule has 20 heavy (non-hydrogen) atoms. The first-order valence-electron chi connectivity index (χ1n) is 5.91. The lowest BCUT2D eigenvalue weighted by Gasteiger charge is -2.21. The summed E-state index contributed by atoms with van der Waals surface area (Å²) < 4.78 is 64.7. The normalized spacial score (nSPS) is 19.8. The lowest BCUT2D eigenvalue weighted by molar-refractivity contribution is 0.403. The van der Waals surface area contributed by atoms with Gasteiger partial charge in [0, 0.05) is 32.2 Å². The van der Waals surface area contributed by atoms with Crippen molar-refractivity contribution in [2.45, 2.75) is 17.4 Å². The molecule has 1 aliphatic rings. The van der Waals surface area contributed by atoms with E-state index in [0.717, 1.165) is 4.31 Å². The number of hydrogen-bond acceptors (Lipinski definition) is 4. The molecule has 0 bridgehead atoms. The Morgan fingerprint density at radius 1 is 1.25 bits per heavy atom. The molecule has 1 aromatic rings. The van der Waals surface area contributed by atoms with Crippen LogP contribution < -0.4 is 10.9 Å². The molecule has 1 aliphatic heterocycles. The van der Waals surface area contributed by atoms with E-state index < -0.39 is 32.4 Å². The van der Waals surface area contributed by atoms with Crippen molar-refractivity contribution >= 4 is 10.0 Å². The van der Waals surface area contributed by atoms with Crippen LogP contribution in [0.2, 0.25) is 0 Å². The van der Waals surface area contributed by atoms with Crippen LogP contribution >= 0.6 is 0 Å². The molecule has 5 nitrogen and oxygen atoms in total. The second-order valence-corrected chi connectivity index (χ2v) is 6.55. The minimum Gasteiger partial charge on any atom is -0.257 e. The molecule has 1 aromatic carbocycles. The van der Waals surface area contributed by atoms with E-state index in [-0.39, 0.29) is 18.7 Å². The van der Waals surface area contributed by atoms with Gasteiger partial charge < -0.3 is 0 Å². The van der Waals surface area contributed by atoms with Gasteiger partial charge in [-0.15, -0.1) is 0 Å². The van der Waals surface area contributed by atoms with Crippen LogP contribution in [0.3, 0.4) is 0 Å². The summed E-state index contributed by atoms with van der Waals surface area (Å²) in [5.41, 5.74) is 5.70. The molecule has 0 aromatic heterocycles. The first kappa shape index (κ1) is 15.2. The molecular weight excluding hydrogens is 295 g/mol. The van der Waals surface area contributed by atoms with Crippen molar-refractivity contribution in [1.82, 2.24) is 15.2 Å². The van der Waals surface area contributed by atoms with Crippen LogP contribution in [0.4, 0.5) is 13.2 Å². The molecule has 0 amide bonds. The zero-order valence-electron chi connectivity index (χ0n) is 10.7. The molecule has 0 aliphatic carbocycles. The van der Waals surface area contributed by atoms with Gasteiger partial charge in [-0.05, 0) is 12.5 Å². The van der Waals surface area contributed by atoms with Crippen LogP contribution in [-0.4, -0.2) is 38.9 Å². The van der Waals surface area contributed by atoms with Crippen LogP contribution in [-0.2, 0) is 10.0 Å². The number of benzene rings is 1. The fourth-order valence-corrected chi connectivity index (χ4v) is 3.22. The standard InChI is InChI=1S/C11H14F3N3O2S/c1-17(6-7-2-3-15-16-7)20(18,19)11-5-9(13)8(12)4-10(11)14/h4-5,7,15-16H,2-3,6H2,1H3. The number of nitrogens with one attached hydrogen (secondary N) is 2. The predicted octanol–water partition coefficient (Wildman–Crippen LogP) is 0.591. The van der Waals surface area contributed by atoms with Crippen molar-refractivity contribution in [3.05, 3.63) is 29.6 Å². The molecule has 1 fully saturated rings. The highest BCUT2D eigenvalue weighted by molar-refractivity contribution is 7.89. The minimum atomic E-state index is -4.21. The van der Waals surface area contributed by atoms with Gasteiger partial charge in [-0.25, -0.2) is 21.6 Å². The van der Waals surface area contributed by atoms with Crippen LogP contribution in [0.15, 0.2) is 17.0 Å². The summed E-state index contributed by atoms with van der Waals surface area (Å²) >= 11 is 0. The Hall–Kier alpha value is -1.16. The topological polar surface area (TPSA) is 61.4 Å². The third kappa shape index (κ3) is 2.95. The van der Waals surface area contributed by atoms with Crippen molar-refractivity contribution < 1.29 is 21.6 Å². The number of nitrogens with zero attached hydrogens (tertiary/aromatic N) is 1. The number of rotatable bonds is 4. The summed E-state index contributed by atoms with van der Waals surface area (Å²) in [5.74, 6) is -4.14. The molecule has 0 saturated carbocycles. The van der Waals surface area contributed by atoms with Gasteiger partial charge in [0.1, 0.15) is 10.7 Å². The molecule has 1 unspecified atom stereocenters. The van der Waals surface area contributed by atoms with E-state index in [1.54, 1.807) is 0 Å². The fourth-order valence-electron chi connectivity index (χ4n) is 1.95. The highest BCUT2D eigenvalue weighted by Crippen LogP contribution is 2.21. The smallest absolute Gasteiger partial charge is 0.245 e. The second kappa shape index (κ2) is 5.68. The van der Waals surface area contributed by atoms with E-state index in [2.05, 4.69) is 10.9 Å². The number of halogens is 3. The first-order valence-corrected chi connectivity index (χ1v) is 7.35. The van der Waals surface area contributed by atoms with Crippen LogP contribution in [0.25, 0.3) is 0 Å². The van der Waals surface area contributed by atoms with E-state index in [9.17, 15) is 21.6 Å². The largest absolute Gasteiger partial charge is 0.257 e. The summed E-state index contributed by atoms with van der Waals surface area (Å²) in [6, 6.07) is 0.463. The maximum absolute atomic E-state index is 13.6. The molecule has 9 heteroatoms. The molecule has 112 valence electrons.